The van der Waals surface area contributed by atoms with Gasteiger partial charge >= 0.3 is 0 Å². The molecule has 36 heavy (non-hydrogen) atoms. The van der Waals surface area contributed by atoms with Gasteiger partial charge < -0.3 is 15.0 Å². The molecule has 1 aromatic rings. The van der Waals surface area contributed by atoms with Gasteiger partial charge in [0, 0.05) is 30.6 Å². The highest BCUT2D eigenvalue weighted by molar-refractivity contribution is 6.05. The van der Waals surface area contributed by atoms with Gasteiger partial charge in [0.1, 0.15) is 6.04 Å². The van der Waals surface area contributed by atoms with Gasteiger partial charge in [-0.25, -0.2) is 0 Å². The molecule has 2 N–H and O–H groups in total. The molecule has 0 spiro atoms. The lowest BCUT2D eigenvalue weighted by Crippen LogP contribution is -2.55. The fourth-order valence-corrected chi connectivity index (χ4v) is 7.24. The van der Waals surface area contributed by atoms with E-state index in [1.165, 1.54) is 31.2 Å². The number of nitrogens with zero attached hydrogens (tertiary/aromatic N) is 1. The molecule has 0 aromatic heterocycles. The predicted molar refractivity (Wildman–Crippen MR) is 137 cm³/mol. The third-order valence-corrected chi connectivity index (χ3v) is 8.47. The number of hydrogen-bond acceptors (Lipinski definition) is 5. The Morgan fingerprint density at radius 2 is 1.75 bits per heavy atom. The van der Waals surface area contributed by atoms with Gasteiger partial charge in [-0.15, -0.1) is 0 Å². The predicted octanol–water partition coefficient (Wildman–Crippen LogP) is 3.87. The molecule has 5 rings (SSSR count). The second-order valence-electron chi connectivity index (χ2n) is 12.6. The first-order valence-corrected chi connectivity index (χ1v) is 13.7. The highest BCUT2D eigenvalue weighted by Crippen LogP contribution is 2.37. The molecule has 3 aliphatic heterocycles. The molecule has 3 atom stereocenters. The Labute approximate surface area is 214 Å². The molecule has 1 aliphatic carbocycles. The lowest BCUT2D eigenvalue weighted by molar-refractivity contribution is -0.165. The van der Waals surface area contributed by atoms with Crippen LogP contribution in [0.2, 0.25) is 0 Å². The van der Waals surface area contributed by atoms with Crippen LogP contribution in [0.5, 0.6) is 0 Å². The summed E-state index contributed by atoms with van der Waals surface area (Å²) in [6.07, 6.45) is 8.67. The van der Waals surface area contributed by atoms with E-state index in [-0.39, 0.29) is 35.3 Å². The molecular weight excluding hydrogens is 454 g/mol. The Morgan fingerprint density at radius 3 is 2.47 bits per heavy atom. The molecule has 196 valence electrons. The van der Waals surface area contributed by atoms with E-state index < -0.39 is 6.04 Å². The van der Waals surface area contributed by atoms with Crippen molar-refractivity contribution in [3.05, 3.63) is 34.9 Å². The van der Waals surface area contributed by atoms with E-state index in [1.54, 1.807) is 4.90 Å². The van der Waals surface area contributed by atoms with Gasteiger partial charge in [-0.05, 0) is 89.3 Å². The minimum atomic E-state index is -0.564. The van der Waals surface area contributed by atoms with Crippen molar-refractivity contribution in [2.24, 2.45) is 5.92 Å². The molecule has 1 unspecified atom stereocenters. The Kier molecular flexibility index (Phi) is 6.75. The van der Waals surface area contributed by atoms with Crippen molar-refractivity contribution in [2.45, 2.75) is 121 Å². The van der Waals surface area contributed by atoms with Crippen molar-refractivity contribution >= 4 is 17.7 Å². The number of nitrogens with one attached hydrogen (secondary N) is 2. The number of carbonyl (C=O) groups is 3. The average molecular weight is 496 g/mol. The van der Waals surface area contributed by atoms with Gasteiger partial charge in [-0.2, -0.15) is 0 Å². The van der Waals surface area contributed by atoms with E-state index in [0.717, 1.165) is 24.8 Å². The lowest BCUT2D eigenvalue weighted by Gasteiger charge is -2.47. The first-order chi connectivity index (χ1) is 17.0. The zero-order valence-electron chi connectivity index (χ0n) is 22.2. The van der Waals surface area contributed by atoms with Gasteiger partial charge in [-0.1, -0.05) is 25.0 Å². The molecule has 0 bridgehead atoms. The van der Waals surface area contributed by atoms with Gasteiger partial charge in [-0.3, -0.25) is 19.7 Å². The highest BCUT2D eigenvalue weighted by Gasteiger charge is 2.41. The fraction of sp³-hybridized carbons (Fsp3) is 0.690. The summed E-state index contributed by atoms with van der Waals surface area (Å²) in [7, 11) is 0. The number of hydrogen-bond donors (Lipinski definition) is 2. The largest absolute Gasteiger partial charge is 0.370 e. The molecule has 7 nitrogen and oxygen atoms in total. The minimum absolute atomic E-state index is 0.104. The second-order valence-corrected chi connectivity index (χ2v) is 12.6. The summed E-state index contributed by atoms with van der Waals surface area (Å²) in [6, 6.07) is 6.58. The van der Waals surface area contributed by atoms with Crippen LogP contribution < -0.4 is 10.6 Å². The minimum Gasteiger partial charge on any atom is -0.370 e. The third-order valence-electron chi connectivity index (χ3n) is 8.47. The summed E-state index contributed by atoms with van der Waals surface area (Å²) in [4.78, 5) is 38.6. The van der Waals surface area contributed by atoms with Crippen LogP contribution in [0.3, 0.4) is 0 Å². The van der Waals surface area contributed by atoms with Crippen molar-refractivity contribution in [3.63, 3.8) is 0 Å². The van der Waals surface area contributed by atoms with Crippen molar-refractivity contribution in [1.29, 1.82) is 0 Å². The van der Waals surface area contributed by atoms with Gasteiger partial charge in [0.05, 0.1) is 11.2 Å². The third kappa shape index (κ3) is 5.37. The highest BCUT2D eigenvalue weighted by atomic mass is 16.5. The van der Waals surface area contributed by atoms with E-state index in [4.69, 9.17) is 4.74 Å². The maximum absolute atomic E-state index is 13.0. The van der Waals surface area contributed by atoms with Crippen LogP contribution in [0.25, 0.3) is 0 Å². The summed E-state index contributed by atoms with van der Waals surface area (Å²) in [5.74, 6) is -0.156. The molecule has 4 aliphatic rings. The van der Waals surface area contributed by atoms with Crippen molar-refractivity contribution in [1.82, 2.24) is 15.5 Å². The van der Waals surface area contributed by atoms with Crippen molar-refractivity contribution in [3.8, 4) is 0 Å². The van der Waals surface area contributed by atoms with Crippen molar-refractivity contribution < 1.29 is 19.1 Å². The van der Waals surface area contributed by atoms with Crippen LogP contribution in [0, 0.1) is 5.92 Å². The number of carbonyl (C=O) groups excluding carboxylic acids is 3. The average Bonchev–Trinajstić information content (AvgIpc) is 3.08. The number of fused-ring (bicyclic) bond motifs is 1. The van der Waals surface area contributed by atoms with E-state index in [2.05, 4.69) is 50.5 Å². The zero-order chi connectivity index (χ0) is 25.7. The smallest absolute Gasteiger partial charge is 0.255 e. The van der Waals surface area contributed by atoms with Crippen LogP contribution >= 0.6 is 0 Å². The fourth-order valence-electron chi connectivity index (χ4n) is 7.24. The summed E-state index contributed by atoms with van der Waals surface area (Å²) in [6.45, 7) is 9.23. The van der Waals surface area contributed by atoms with E-state index in [9.17, 15) is 14.4 Å². The van der Waals surface area contributed by atoms with Crippen LogP contribution in [0.15, 0.2) is 18.2 Å². The maximum atomic E-state index is 13.0. The molecule has 1 aromatic carbocycles. The molecule has 3 fully saturated rings. The molecule has 3 heterocycles. The number of imide groups is 1. The number of amides is 3. The second kappa shape index (κ2) is 9.56. The molecule has 0 radical (unpaired) electrons. The number of rotatable bonds is 5. The first kappa shape index (κ1) is 25.4. The van der Waals surface area contributed by atoms with Crippen molar-refractivity contribution in [2.75, 3.05) is 0 Å². The molecule has 2 saturated heterocycles. The van der Waals surface area contributed by atoms with Gasteiger partial charge in [0.25, 0.3) is 5.91 Å². The zero-order valence-corrected chi connectivity index (χ0v) is 22.2. The van der Waals surface area contributed by atoms with E-state index in [1.807, 2.05) is 6.07 Å². The standard InChI is InChI=1S/C29H41N3O4/c1-28(2)15-21(16-29(3,4)36-28)30-23-8-6-5-7-19(23)13-18-9-10-22-20(14-18)17-32(27(22)35)24-11-12-25(33)31-26(24)34/h9-10,14,19,21,23-24,30H,5-8,11-13,15-17H2,1-4H3,(H,31,33,34)/t19-,23+,24?/m1/s1. The number of benzene rings is 1. The summed E-state index contributed by atoms with van der Waals surface area (Å²) in [5.41, 5.74) is 2.71. The molecule has 3 amide bonds. The van der Waals surface area contributed by atoms with Gasteiger partial charge in [0.15, 0.2) is 0 Å². The van der Waals surface area contributed by atoms with E-state index in [0.29, 0.717) is 36.5 Å². The normalized spacial score (nSPS) is 30.3. The molecule has 1 saturated carbocycles. The maximum Gasteiger partial charge on any atom is 0.255 e. The summed E-state index contributed by atoms with van der Waals surface area (Å²) in [5, 5.41) is 6.42. The monoisotopic (exact) mass is 495 g/mol. The van der Waals surface area contributed by atoms with Crippen LogP contribution in [0.4, 0.5) is 0 Å². The SMILES string of the molecule is CC1(C)CC(N[C@H]2CCCC[C@@H]2Cc2ccc3c(c2)CN(C2CCC(=O)NC2=O)C3=O)CC(C)(C)O1. The Morgan fingerprint density at radius 1 is 1.03 bits per heavy atom. The topological polar surface area (TPSA) is 87.7 Å². The number of piperidine rings is 1. The van der Waals surface area contributed by atoms with Crippen LogP contribution in [-0.2, 0) is 27.3 Å². The molecule has 7 heteroatoms. The summed E-state index contributed by atoms with van der Waals surface area (Å²) >= 11 is 0. The van der Waals surface area contributed by atoms with E-state index >= 15 is 0 Å². The lowest BCUT2D eigenvalue weighted by atomic mass is 9.78. The van der Waals surface area contributed by atoms with Gasteiger partial charge in [0.2, 0.25) is 11.8 Å². The first-order valence-electron chi connectivity index (χ1n) is 13.7. The quantitative estimate of drug-likeness (QED) is 0.606. The molecular formula is C29H41N3O4. The Hall–Kier alpha value is -2.25. The Balaban J connectivity index is 1.26. The number of ether oxygens (including phenoxy) is 1. The van der Waals surface area contributed by atoms with Crippen LogP contribution in [-0.4, -0.2) is 51.9 Å². The summed E-state index contributed by atoms with van der Waals surface area (Å²) < 4.78 is 6.31. The van der Waals surface area contributed by atoms with Crippen LogP contribution in [0.1, 0.15) is 101 Å². The Bertz CT molecular complexity index is 1030.